The van der Waals surface area contributed by atoms with E-state index in [-0.39, 0.29) is 16.9 Å². The van der Waals surface area contributed by atoms with Crippen molar-refractivity contribution in [3.63, 3.8) is 0 Å². The van der Waals surface area contributed by atoms with E-state index in [4.69, 9.17) is 5.26 Å². The molecule has 1 amide bonds. The number of nitrogens with zero attached hydrogens (tertiary/aromatic N) is 4. The summed E-state index contributed by atoms with van der Waals surface area (Å²) in [5.41, 5.74) is 2.96. The molecule has 2 bridgehead atoms. The number of hydrogen-bond acceptors (Lipinski definition) is 4. The zero-order chi connectivity index (χ0) is 19.4. The van der Waals surface area contributed by atoms with Crippen LogP contribution in [-0.2, 0) is 11.2 Å². The van der Waals surface area contributed by atoms with Gasteiger partial charge in [-0.15, -0.1) is 0 Å². The molecule has 5 nitrogen and oxygen atoms in total. The summed E-state index contributed by atoms with van der Waals surface area (Å²) in [6, 6.07) is 12.5. The first-order valence-electron chi connectivity index (χ1n) is 10.1. The number of amides is 1. The van der Waals surface area contributed by atoms with Crippen LogP contribution in [-0.4, -0.2) is 27.3 Å². The minimum Gasteiger partial charge on any atom is -0.335 e. The number of nitriles is 1. The maximum absolute atomic E-state index is 13.4. The third-order valence-electron chi connectivity index (χ3n) is 6.89. The van der Waals surface area contributed by atoms with E-state index in [0.717, 1.165) is 50.9 Å². The van der Waals surface area contributed by atoms with E-state index in [0.29, 0.717) is 11.6 Å². The molecule has 0 N–H and O–H groups in total. The third kappa shape index (κ3) is 2.63. The van der Waals surface area contributed by atoms with E-state index < -0.39 is 0 Å². The first-order valence-corrected chi connectivity index (χ1v) is 10.1. The SMILES string of the molecule is Cc1cccc(C2CCCN2C(=O)C23CC(Cc4nccc(C#N)n4)(C2)C3)c1. The minimum absolute atomic E-state index is 0.154. The van der Waals surface area contributed by atoms with Gasteiger partial charge >= 0.3 is 0 Å². The van der Waals surface area contributed by atoms with E-state index >= 15 is 0 Å². The van der Waals surface area contributed by atoms with Gasteiger partial charge < -0.3 is 4.90 Å². The molecule has 3 aliphatic carbocycles. The van der Waals surface area contributed by atoms with E-state index in [1.807, 2.05) is 0 Å². The third-order valence-corrected chi connectivity index (χ3v) is 6.89. The molecule has 28 heavy (non-hydrogen) atoms. The summed E-state index contributed by atoms with van der Waals surface area (Å²) in [5, 5.41) is 9.02. The number of likely N-dealkylation sites (tertiary alicyclic amines) is 1. The van der Waals surface area contributed by atoms with E-state index in [1.54, 1.807) is 12.3 Å². The molecule has 6 rings (SSSR count). The zero-order valence-corrected chi connectivity index (χ0v) is 16.2. The molecule has 4 aliphatic rings. The predicted molar refractivity (Wildman–Crippen MR) is 104 cm³/mol. The Morgan fingerprint density at radius 2 is 2.14 bits per heavy atom. The van der Waals surface area contributed by atoms with E-state index in [1.165, 1.54) is 11.1 Å². The number of hydrogen-bond donors (Lipinski definition) is 0. The lowest BCUT2D eigenvalue weighted by molar-refractivity contribution is -0.217. The van der Waals surface area contributed by atoms with Gasteiger partial charge in [-0.05, 0) is 56.1 Å². The highest BCUT2D eigenvalue weighted by atomic mass is 16.2. The van der Waals surface area contributed by atoms with Crippen LogP contribution in [0.5, 0.6) is 0 Å². The van der Waals surface area contributed by atoms with Crippen molar-refractivity contribution < 1.29 is 4.79 Å². The summed E-state index contributed by atoms with van der Waals surface area (Å²) in [6.45, 7) is 2.98. The Hall–Kier alpha value is -2.74. The molecule has 1 aromatic carbocycles. The Balaban J connectivity index is 1.27. The number of aryl methyl sites for hydroxylation is 1. The molecule has 2 heterocycles. The Morgan fingerprint density at radius 3 is 2.89 bits per heavy atom. The Morgan fingerprint density at radius 1 is 1.32 bits per heavy atom. The van der Waals surface area contributed by atoms with Crippen LogP contribution < -0.4 is 0 Å². The fourth-order valence-corrected chi connectivity index (χ4v) is 5.83. The molecule has 0 radical (unpaired) electrons. The van der Waals surface area contributed by atoms with Crippen molar-refractivity contribution in [2.75, 3.05) is 6.54 Å². The molecule has 142 valence electrons. The second kappa shape index (κ2) is 6.13. The molecule has 1 aliphatic heterocycles. The maximum Gasteiger partial charge on any atom is 0.229 e. The lowest BCUT2D eigenvalue weighted by Crippen LogP contribution is -2.68. The molecular formula is C23H24N4O. The largest absolute Gasteiger partial charge is 0.335 e. The number of aromatic nitrogens is 2. The molecule has 3 saturated carbocycles. The van der Waals surface area contributed by atoms with Crippen LogP contribution in [0.4, 0.5) is 0 Å². The molecule has 1 aromatic heterocycles. The van der Waals surface area contributed by atoms with Gasteiger partial charge in [0.2, 0.25) is 5.91 Å². The van der Waals surface area contributed by atoms with Gasteiger partial charge in [-0.2, -0.15) is 5.26 Å². The normalized spacial score (nSPS) is 30.3. The highest BCUT2D eigenvalue weighted by Crippen LogP contribution is 2.75. The summed E-state index contributed by atoms with van der Waals surface area (Å²) in [5.74, 6) is 1.09. The van der Waals surface area contributed by atoms with E-state index in [9.17, 15) is 4.79 Å². The molecule has 4 fully saturated rings. The molecule has 0 spiro atoms. The topological polar surface area (TPSA) is 69.9 Å². The minimum atomic E-state index is -0.154. The number of carbonyl (C=O) groups excluding carboxylic acids is 1. The Bertz CT molecular complexity index is 972. The monoisotopic (exact) mass is 372 g/mol. The van der Waals surface area contributed by atoms with Crippen LogP contribution in [0.25, 0.3) is 0 Å². The number of rotatable bonds is 4. The van der Waals surface area contributed by atoms with Crippen molar-refractivity contribution >= 4 is 5.91 Å². The van der Waals surface area contributed by atoms with Crippen LogP contribution in [0.2, 0.25) is 0 Å². The van der Waals surface area contributed by atoms with Crippen molar-refractivity contribution in [2.45, 2.75) is 51.5 Å². The van der Waals surface area contributed by atoms with Gasteiger partial charge in [0.05, 0.1) is 11.5 Å². The fraction of sp³-hybridized carbons (Fsp3) is 0.478. The van der Waals surface area contributed by atoms with Crippen LogP contribution in [0, 0.1) is 29.1 Å². The van der Waals surface area contributed by atoms with Crippen LogP contribution in [0.3, 0.4) is 0 Å². The van der Waals surface area contributed by atoms with Gasteiger partial charge in [0.15, 0.2) is 0 Å². The first kappa shape index (κ1) is 17.4. The van der Waals surface area contributed by atoms with Gasteiger partial charge in [0, 0.05) is 19.2 Å². The average molecular weight is 372 g/mol. The second-order valence-corrected chi connectivity index (χ2v) is 9.03. The highest BCUT2D eigenvalue weighted by molar-refractivity contribution is 5.87. The molecule has 1 unspecified atom stereocenters. The van der Waals surface area contributed by atoms with Crippen molar-refractivity contribution in [1.82, 2.24) is 14.9 Å². The van der Waals surface area contributed by atoms with Gasteiger partial charge in [-0.1, -0.05) is 29.8 Å². The van der Waals surface area contributed by atoms with Crippen LogP contribution in [0.15, 0.2) is 36.5 Å². The van der Waals surface area contributed by atoms with Crippen LogP contribution >= 0.6 is 0 Å². The fourth-order valence-electron chi connectivity index (χ4n) is 5.83. The number of carbonyl (C=O) groups is 1. The summed E-state index contributed by atoms with van der Waals surface area (Å²) in [6.07, 6.45) is 7.40. The van der Waals surface area contributed by atoms with Gasteiger partial charge in [0.25, 0.3) is 0 Å². The van der Waals surface area contributed by atoms with Crippen molar-refractivity contribution in [1.29, 1.82) is 5.26 Å². The molecule has 1 saturated heterocycles. The quantitative estimate of drug-likeness (QED) is 0.820. The standard InChI is InChI=1S/C23H24N4O/c1-16-4-2-5-17(10-16)19-6-3-9-27(19)21(28)23-13-22(14-23,15-23)11-20-25-8-7-18(12-24)26-20/h2,4-5,7-8,10,19H,3,6,9,11,13-15H2,1H3. The molecule has 1 atom stereocenters. The Kier molecular flexibility index (Phi) is 3.80. The lowest BCUT2D eigenvalue weighted by atomic mass is 9.34. The van der Waals surface area contributed by atoms with Gasteiger partial charge in [0.1, 0.15) is 17.6 Å². The van der Waals surface area contributed by atoms with Gasteiger partial charge in [-0.25, -0.2) is 9.97 Å². The van der Waals surface area contributed by atoms with Gasteiger partial charge in [-0.3, -0.25) is 4.79 Å². The molecule has 5 heteroatoms. The van der Waals surface area contributed by atoms with Crippen molar-refractivity contribution in [2.24, 2.45) is 10.8 Å². The average Bonchev–Trinajstić information content (AvgIpc) is 3.13. The smallest absolute Gasteiger partial charge is 0.229 e. The molecule has 2 aromatic rings. The summed E-state index contributed by atoms with van der Waals surface area (Å²) in [4.78, 5) is 24.2. The van der Waals surface area contributed by atoms with E-state index in [2.05, 4.69) is 52.1 Å². The predicted octanol–water partition coefficient (Wildman–Crippen LogP) is 3.73. The summed E-state index contributed by atoms with van der Waals surface area (Å²) < 4.78 is 0. The summed E-state index contributed by atoms with van der Waals surface area (Å²) >= 11 is 0. The van der Waals surface area contributed by atoms with Crippen LogP contribution in [0.1, 0.15) is 60.8 Å². The first-order chi connectivity index (χ1) is 13.5. The zero-order valence-electron chi connectivity index (χ0n) is 16.2. The number of benzene rings is 1. The van der Waals surface area contributed by atoms with Crippen molar-refractivity contribution in [3.8, 4) is 6.07 Å². The lowest BCUT2D eigenvalue weighted by Gasteiger charge is -2.70. The second-order valence-electron chi connectivity index (χ2n) is 9.03. The Labute approximate surface area is 165 Å². The maximum atomic E-state index is 13.4. The van der Waals surface area contributed by atoms with Crippen molar-refractivity contribution in [3.05, 3.63) is 59.2 Å². The highest BCUT2D eigenvalue weighted by Gasteiger charge is 2.72. The molecular weight excluding hydrogens is 348 g/mol. The summed E-state index contributed by atoms with van der Waals surface area (Å²) in [7, 11) is 0.